The summed E-state index contributed by atoms with van der Waals surface area (Å²) in [5, 5.41) is 5.38. The molecule has 1 aliphatic rings. The van der Waals surface area contributed by atoms with Gasteiger partial charge in [-0.2, -0.15) is 0 Å². The number of esters is 1. The van der Waals surface area contributed by atoms with Crippen molar-refractivity contribution in [1.82, 2.24) is 15.5 Å². The third-order valence-electron chi connectivity index (χ3n) is 3.56. The lowest BCUT2D eigenvalue weighted by molar-refractivity contribution is -0.149. The number of ether oxygens (including phenoxy) is 1. The lowest BCUT2D eigenvalue weighted by Gasteiger charge is -2.37. The number of nitrogens with zero attached hydrogens (tertiary/aromatic N) is 1. The Morgan fingerprint density at radius 2 is 2.10 bits per heavy atom. The van der Waals surface area contributed by atoms with Crippen LogP contribution in [0.25, 0.3) is 0 Å². The van der Waals surface area contributed by atoms with Crippen molar-refractivity contribution in [3.63, 3.8) is 0 Å². The van der Waals surface area contributed by atoms with Crippen molar-refractivity contribution in [3.8, 4) is 0 Å². The summed E-state index contributed by atoms with van der Waals surface area (Å²) in [6.07, 6.45) is 0.0183. The molecule has 1 rings (SSSR count). The van der Waals surface area contributed by atoms with Crippen LogP contribution in [0.15, 0.2) is 0 Å². The zero-order valence-corrected chi connectivity index (χ0v) is 13.4. The average molecular weight is 299 g/mol. The Kier molecular flexibility index (Phi) is 5.71. The smallest absolute Gasteiger partial charge is 0.330 e. The first-order valence-corrected chi connectivity index (χ1v) is 7.12. The lowest BCUT2D eigenvalue weighted by Crippen LogP contribution is -2.59. The molecule has 2 amide bonds. The van der Waals surface area contributed by atoms with E-state index in [1.165, 1.54) is 7.11 Å². The summed E-state index contributed by atoms with van der Waals surface area (Å²) in [6.45, 7) is 8.41. The maximum absolute atomic E-state index is 12.1. The largest absolute Gasteiger partial charge is 0.467 e. The molecule has 1 atom stereocenters. The van der Waals surface area contributed by atoms with E-state index in [2.05, 4.69) is 15.4 Å². The first-order chi connectivity index (χ1) is 9.69. The van der Waals surface area contributed by atoms with E-state index in [4.69, 9.17) is 0 Å². The topological polar surface area (TPSA) is 87.7 Å². The van der Waals surface area contributed by atoms with Crippen molar-refractivity contribution >= 4 is 17.8 Å². The lowest BCUT2D eigenvalue weighted by atomic mass is 10.0. The van der Waals surface area contributed by atoms with Crippen LogP contribution < -0.4 is 10.6 Å². The van der Waals surface area contributed by atoms with E-state index in [9.17, 15) is 14.4 Å². The molecular weight excluding hydrogens is 274 g/mol. The summed E-state index contributed by atoms with van der Waals surface area (Å²) in [5.41, 5.74) is -1.11. The van der Waals surface area contributed by atoms with Gasteiger partial charge >= 0.3 is 5.97 Å². The molecular formula is C14H25N3O4. The van der Waals surface area contributed by atoms with Crippen LogP contribution in [0, 0.1) is 0 Å². The third kappa shape index (κ3) is 4.42. The molecule has 120 valence electrons. The van der Waals surface area contributed by atoms with Crippen LogP contribution in [0.2, 0.25) is 0 Å². The number of hydrogen-bond acceptors (Lipinski definition) is 5. The Bertz CT molecular complexity index is 420. The van der Waals surface area contributed by atoms with Crippen LogP contribution in [0.3, 0.4) is 0 Å². The van der Waals surface area contributed by atoms with Gasteiger partial charge in [0.15, 0.2) is 0 Å². The van der Waals surface area contributed by atoms with E-state index in [1.54, 1.807) is 13.8 Å². The van der Waals surface area contributed by atoms with Crippen LogP contribution in [-0.4, -0.2) is 60.5 Å². The highest BCUT2D eigenvalue weighted by Crippen LogP contribution is 2.14. The van der Waals surface area contributed by atoms with Gasteiger partial charge in [0, 0.05) is 19.1 Å². The second-order valence-electron chi connectivity index (χ2n) is 6.01. The third-order valence-corrected chi connectivity index (χ3v) is 3.56. The van der Waals surface area contributed by atoms with E-state index in [0.717, 1.165) is 0 Å². The van der Waals surface area contributed by atoms with Crippen molar-refractivity contribution in [2.75, 3.05) is 20.2 Å². The summed E-state index contributed by atoms with van der Waals surface area (Å²) in [7, 11) is 1.27. The van der Waals surface area contributed by atoms with Crippen LogP contribution in [-0.2, 0) is 19.1 Å². The first-order valence-electron chi connectivity index (χ1n) is 7.12. The van der Waals surface area contributed by atoms with E-state index in [-0.39, 0.29) is 24.3 Å². The number of methoxy groups -OCH3 is 1. The molecule has 0 aromatic heterocycles. The van der Waals surface area contributed by atoms with Crippen LogP contribution in [0.5, 0.6) is 0 Å². The Morgan fingerprint density at radius 1 is 1.48 bits per heavy atom. The van der Waals surface area contributed by atoms with Crippen LogP contribution >= 0.6 is 0 Å². The second kappa shape index (κ2) is 6.89. The fraction of sp³-hybridized carbons (Fsp3) is 0.786. The molecule has 7 heteroatoms. The molecule has 0 aromatic carbocycles. The quantitative estimate of drug-likeness (QED) is 0.678. The van der Waals surface area contributed by atoms with Crippen LogP contribution in [0.4, 0.5) is 0 Å². The summed E-state index contributed by atoms with van der Waals surface area (Å²) in [6, 6.07) is -0.338. The zero-order valence-electron chi connectivity index (χ0n) is 13.4. The van der Waals surface area contributed by atoms with E-state index in [0.29, 0.717) is 13.1 Å². The van der Waals surface area contributed by atoms with Gasteiger partial charge in [-0.15, -0.1) is 0 Å². The fourth-order valence-corrected chi connectivity index (χ4v) is 2.44. The zero-order chi connectivity index (χ0) is 16.2. The summed E-state index contributed by atoms with van der Waals surface area (Å²) >= 11 is 0. The highest BCUT2D eigenvalue weighted by molar-refractivity contribution is 5.91. The monoisotopic (exact) mass is 299 g/mol. The Hall–Kier alpha value is -1.63. The molecule has 0 saturated carbocycles. The van der Waals surface area contributed by atoms with Crippen molar-refractivity contribution in [3.05, 3.63) is 0 Å². The Balaban J connectivity index is 2.71. The minimum absolute atomic E-state index is 0.0183. The molecule has 7 nitrogen and oxygen atoms in total. The first kappa shape index (κ1) is 17.4. The molecule has 1 saturated heterocycles. The van der Waals surface area contributed by atoms with Gasteiger partial charge in [-0.3, -0.25) is 14.5 Å². The summed E-state index contributed by atoms with van der Waals surface area (Å²) < 4.78 is 4.64. The molecule has 1 heterocycles. The van der Waals surface area contributed by atoms with Gasteiger partial charge in [-0.05, 0) is 27.7 Å². The van der Waals surface area contributed by atoms with E-state index >= 15 is 0 Å². The van der Waals surface area contributed by atoms with Gasteiger partial charge in [0.1, 0.15) is 5.54 Å². The Labute approximate surface area is 125 Å². The van der Waals surface area contributed by atoms with Crippen LogP contribution in [0.1, 0.15) is 34.1 Å². The average Bonchev–Trinajstić information content (AvgIpc) is 2.39. The molecule has 0 bridgehead atoms. The van der Waals surface area contributed by atoms with Crippen molar-refractivity contribution < 1.29 is 19.1 Å². The van der Waals surface area contributed by atoms with Gasteiger partial charge in [0.25, 0.3) is 0 Å². The van der Waals surface area contributed by atoms with Crippen molar-refractivity contribution in [2.45, 2.75) is 51.7 Å². The van der Waals surface area contributed by atoms with Crippen molar-refractivity contribution in [2.24, 2.45) is 0 Å². The molecule has 0 spiro atoms. The minimum Gasteiger partial charge on any atom is -0.467 e. The highest BCUT2D eigenvalue weighted by Gasteiger charge is 2.36. The molecule has 1 unspecified atom stereocenters. The second-order valence-corrected chi connectivity index (χ2v) is 6.01. The minimum atomic E-state index is -1.11. The number of amides is 2. The van der Waals surface area contributed by atoms with Gasteiger partial charge in [-0.25, -0.2) is 4.79 Å². The number of rotatable bonds is 5. The van der Waals surface area contributed by atoms with Gasteiger partial charge < -0.3 is 15.4 Å². The number of nitrogens with one attached hydrogen (secondary N) is 2. The summed E-state index contributed by atoms with van der Waals surface area (Å²) in [5.74, 6) is -1.02. The molecule has 0 radical (unpaired) electrons. The maximum atomic E-state index is 12.1. The predicted molar refractivity (Wildman–Crippen MR) is 77.5 cm³/mol. The van der Waals surface area contributed by atoms with Gasteiger partial charge in [0.2, 0.25) is 11.8 Å². The summed E-state index contributed by atoms with van der Waals surface area (Å²) in [4.78, 5) is 37.7. The SMILES string of the molecule is COC(=O)C(C)(C)NC(=O)CC1C(=O)NCCN1C(C)C. The molecule has 2 N–H and O–H groups in total. The number of piperazine rings is 1. The predicted octanol–water partition coefficient (Wildman–Crippen LogP) is -0.347. The van der Waals surface area contributed by atoms with Gasteiger partial charge in [-0.1, -0.05) is 0 Å². The molecule has 0 aromatic rings. The molecule has 1 aliphatic heterocycles. The highest BCUT2D eigenvalue weighted by atomic mass is 16.5. The normalized spacial score (nSPS) is 20.1. The molecule has 0 aliphatic carbocycles. The number of carbonyl (C=O) groups excluding carboxylic acids is 3. The van der Waals surface area contributed by atoms with E-state index in [1.807, 2.05) is 18.7 Å². The van der Waals surface area contributed by atoms with Gasteiger partial charge in [0.05, 0.1) is 19.6 Å². The molecule has 21 heavy (non-hydrogen) atoms. The number of hydrogen-bond donors (Lipinski definition) is 2. The standard InChI is InChI=1S/C14H25N3O4/c1-9(2)17-7-6-15-12(19)10(17)8-11(18)16-14(3,4)13(20)21-5/h9-10H,6-8H2,1-5H3,(H,15,19)(H,16,18). The van der Waals surface area contributed by atoms with Crippen molar-refractivity contribution in [1.29, 1.82) is 0 Å². The maximum Gasteiger partial charge on any atom is 0.330 e. The number of carbonyl (C=O) groups is 3. The Morgan fingerprint density at radius 3 is 2.62 bits per heavy atom. The van der Waals surface area contributed by atoms with E-state index < -0.39 is 17.6 Å². The molecule has 1 fully saturated rings. The fourth-order valence-electron chi connectivity index (χ4n) is 2.44.